The molecule has 0 unspecified atom stereocenters. The number of carbonyl (C=O) groups excluding carboxylic acids is 2. The quantitative estimate of drug-likeness (QED) is 0.880. The predicted molar refractivity (Wildman–Crippen MR) is 105 cm³/mol. The second-order valence-corrected chi connectivity index (χ2v) is 8.04. The van der Waals surface area contributed by atoms with Gasteiger partial charge in [0.15, 0.2) is 0 Å². The van der Waals surface area contributed by atoms with Crippen molar-refractivity contribution in [2.24, 2.45) is 11.8 Å². The number of likely N-dealkylation sites (tertiary alicyclic amines) is 1. The summed E-state index contributed by atoms with van der Waals surface area (Å²) in [4.78, 5) is 31.3. The molecule has 0 aliphatic carbocycles. The van der Waals surface area contributed by atoms with Crippen molar-refractivity contribution in [1.29, 1.82) is 0 Å². The Balaban J connectivity index is 1.40. The van der Waals surface area contributed by atoms with Crippen molar-refractivity contribution >= 4 is 11.8 Å². The highest BCUT2D eigenvalue weighted by Crippen LogP contribution is 2.25. The molecule has 4 rings (SSSR count). The molecule has 2 aromatic rings. The average Bonchev–Trinajstić information content (AvgIpc) is 3.15. The lowest BCUT2D eigenvalue weighted by Gasteiger charge is -2.31. The molecule has 2 aromatic heterocycles. The molecule has 7 heteroatoms. The summed E-state index contributed by atoms with van der Waals surface area (Å²) < 4.78 is 1.96. The largest absolute Gasteiger partial charge is 0.352 e. The third-order valence-electron chi connectivity index (χ3n) is 5.83. The summed E-state index contributed by atoms with van der Waals surface area (Å²) in [7, 11) is 0. The maximum atomic E-state index is 13.0. The molecule has 2 aliphatic rings. The van der Waals surface area contributed by atoms with Crippen LogP contribution in [0.5, 0.6) is 0 Å². The Labute approximate surface area is 165 Å². The summed E-state index contributed by atoms with van der Waals surface area (Å²) in [5.74, 6) is 0.856. The zero-order valence-electron chi connectivity index (χ0n) is 16.3. The minimum Gasteiger partial charge on any atom is -0.352 e. The lowest BCUT2D eigenvalue weighted by molar-refractivity contribution is 0.0680. The Morgan fingerprint density at radius 2 is 2.14 bits per heavy atom. The number of piperidine rings is 1. The lowest BCUT2D eigenvalue weighted by atomic mass is 9.93. The summed E-state index contributed by atoms with van der Waals surface area (Å²) in [6, 6.07) is 3.52. The first-order valence-corrected chi connectivity index (χ1v) is 10.1. The molecule has 2 amide bonds. The number of fused-ring (bicyclic) bond motifs is 1. The highest BCUT2D eigenvalue weighted by Gasteiger charge is 2.29. The summed E-state index contributed by atoms with van der Waals surface area (Å²) in [6.45, 7) is 5.24. The van der Waals surface area contributed by atoms with E-state index in [-0.39, 0.29) is 11.8 Å². The SMILES string of the molecule is C[C@@H]1CCCN(C(=O)c2cnn3c2C[C@H](CNC(=O)c2cccnc2)CC3)C1. The molecule has 0 radical (unpaired) electrons. The topological polar surface area (TPSA) is 80.1 Å². The van der Waals surface area contributed by atoms with Crippen LogP contribution in [0.3, 0.4) is 0 Å². The van der Waals surface area contributed by atoms with Gasteiger partial charge < -0.3 is 10.2 Å². The van der Waals surface area contributed by atoms with Crippen LogP contribution in [0, 0.1) is 11.8 Å². The van der Waals surface area contributed by atoms with Gasteiger partial charge in [-0.15, -0.1) is 0 Å². The molecule has 0 spiro atoms. The second kappa shape index (κ2) is 8.12. The molecule has 2 aliphatic heterocycles. The van der Waals surface area contributed by atoms with E-state index >= 15 is 0 Å². The number of carbonyl (C=O) groups is 2. The summed E-state index contributed by atoms with van der Waals surface area (Å²) in [6.07, 6.45) is 8.91. The van der Waals surface area contributed by atoms with Crippen LogP contribution in [-0.4, -0.2) is 51.1 Å². The fraction of sp³-hybridized carbons (Fsp3) is 0.524. The van der Waals surface area contributed by atoms with E-state index in [4.69, 9.17) is 0 Å². The van der Waals surface area contributed by atoms with Crippen LogP contribution in [-0.2, 0) is 13.0 Å². The number of nitrogens with zero attached hydrogens (tertiary/aromatic N) is 4. The fourth-order valence-electron chi connectivity index (χ4n) is 4.23. The molecule has 0 aromatic carbocycles. The van der Waals surface area contributed by atoms with Gasteiger partial charge in [-0.1, -0.05) is 6.92 Å². The molecule has 0 saturated carbocycles. The van der Waals surface area contributed by atoms with Gasteiger partial charge in [-0.05, 0) is 49.7 Å². The van der Waals surface area contributed by atoms with Crippen molar-refractivity contribution in [3.63, 3.8) is 0 Å². The molecule has 0 bridgehead atoms. The Kier molecular flexibility index (Phi) is 5.41. The molecule has 1 fully saturated rings. The van der Waals surface area contributed by atoms with Crippen LogP contribution in [0.15, 0.2) is 30.7 Å². The molecule has 28 heavy (non-hydrogen) atoms. The van der Waals surface area contributed by atoms with E-state index < -0.39 is 0 Å². The van der Waals surface area contributed by atoms with E-state index in [0.717, 1.165) is 50.2 Å². The van der Waals surface area contributed by atoms with Gasteiger partial charge >= 0.3 is 0 Å². The van der Waals surface area contributed by atoms with E-state index in [1.54, 1.807) is 30.7 Å². The number of aromatic nitrogens is 3. The lowest BCUT2D eigenvalue weighted by Crippen LogP contribution is -2.40. The van der Waals surface area contributed by atoms with Gasteiger partial charge in [0, 0.05) is 38.6 Å². The Bertz CT molecular complexity index is 848. The minimum atomic E-state index is -0.106. The standard InChI is InChI=1S/C21H27N5O2/c1-15-4-3-8-25(14-15)21(28)18-13-24-26-9-6-16(10-19(18)26)11-23-20(27)17-5-2-7-22-12-17/h2,5,7,12-13,15-16H,3-4,6,8-11,14H2,1H3,(H,23,27)/t15-,16-/m1/s1. The molecule has 4 heterocycles. The van der Waals surface area contributed by atoms with E-state index in [2.05, 4.69) is 22.3 Å². The van der Waals surface area contributed by atoms with Gasteiger partial charge in [0.05, 0.1) is 23.0 Å². The van der Waals surface area contributed by atoms with Gasteiger partial charge in [-0.3, -0.25) is 19.3 Å². The smallest absolute Gasteiger partial charge is 0.257 e. The summed E-state index contributed by atoms with van der Waals surface area (Å²) in [5, 5.41) is 7.45. The van der Waals surface area contributed by atoms with E-state index in [0.29, 0.717) is 23.9 Å². The second-order valence-electron chi connectivity index (χ2n) is 8.04. The van der Waals surface area contributed by atoms with Crippen LogP contribution >= 0.6 is 0 Å². The molecular weight excluding hydrogens is 354 g/mol. The van der Waals surface area contributed by atoms with Crippen molar-refractivity contribution in [2.75, 3.05) is 19.6 Å². The van der Waals surface area contributed by atoms with Crippen LogP contribution < -0.4 is 5.32 Å². The maximum Gasteiger partial charge on any atom is 0.257 e. The van der Waals surface area contributed by atoms with Crippen molar-refractivity contribution in [3.8, 4) is 0 Å². The number of aryl methyl sites for hydroxylation is 1. The first kappa shape index (κ1) is 18.7. The van der Waals surface area contributed by atoms with Gasteiger partial charge in [0.1, 0.15) is 0 Å². The molecule has 7 nitrogen and oxygen atoms in total. The van der Waals surface area contributed by atoms with E-state index in [1.807, 2.05) is 9.58 Å². The maximum absolute atomic E-state index is 13.0. The van der Waals surface area contributed by atoms with Crippen molar-refractivity contribution in [1.82, 2.24) is 25.0 Å². The number of hydrogen-bond donors (Lipinski definition) is 1. The fourth-order valence-corrected chi connectivity index (χ4v) is 4.23. The third-order valence-corrected chi connectivity index (χ3v) is 5.83. The van der Waals surface area contributed by atoms with Crippen LogP contribution in [0.2, 0.25) is 0 Å². The zero-order chi connectivity index (χ0) is 19.5. The first-order valence-electron chi connectivity index (χ1n) is 10.1. The van der Waals surface area contributed by atoms with Crippen molar-refractivity contribution < 1.29 is 9.59 Å². The normalized spacial score (nSPS) is 21.8. The highest BCUT2D eigenvalue weighted by molar-refractivity contribution is 5.95. The Morgan fingerprint density at radius 1 is 1.25 bits per heavy atom. The Morgan fingerprint density at radius 3 is 2.93 bits per heavy atom. The Hall–Kier alpha value is -2.70. The van der Waals surface area contributed by atoms with E-state index in [1.165, 1.54) is 6.42 Å². The first-order chi connectivity index (χ1) is 13.6. The predicted octanol–water partition coefficient (Wildman–Crippen LogP) is 2.14. The zero-order valence-corrected chi connectivity index (χ0v) is 16.3. The minimum absolute atomic E-state index is 0.104. The van der Waals surface area contributed by atoms with Crippen molar-refractivity contribution in [2.45, 2.75) is 39.2 Å². The average molecular weight is 381 g/mol. The molecule has 1 saturated heterocycles. The van der Waals surface area contributed by atoms with Gasteiger partial charge in [0.25, 0.3) is 11.8 Å². The van der Waals surface area contributed by atoms with E-state index in [9.17, 15) is 9.59 Å². The number of amides is 2. The van der Waals surface area contributed by atoms with Crippen LogP contribution in [0.4, 0.5) is 0 Å². The number of nitrogens with one attached hydrogen (secondary N) is 1. The summed E-state index contributed by atoms with van der Waals surface area (Å²) in [5.41, 5.74) is 2.31. The molecule has 2 atom stereocenters. The number of pyridine rings is 1. The highest BCUT2D eigenvalue weighted by atomic mass is 16.2. The van der Waals surface area contributed by atoms with Crippen LogP contribution in [0.1, 0.15) is 52.6 Å². The third kappa shape index (κ3) is 3.93. The molecular formula is C21H27N5O2. The molecule has 1 N–H and O–H groups in total. The monoisotopic (exact) mass is 381 g/mol. The van der Waals surface area contributed by atoms with Gasteiger partial charge in [-0.2, -0.15) is 5.10 Å². The van der Waals surface area contributed by atoms with Gasteiger partial charge in [-0.25, -0.2) is 0 Å². The summed E-state index contributed by atoms with van der Waals surface area (Å²) >= 11 is 0. The van der Waals surface area contributed by atoms with Crippen LogP contribution in [0.25, 0.3) is 0 Å². The number of rotatable bonds is 4. The van der Waals surface area contributed by atoms with Crippen molar-refractivity contribution in [3.05, 3.63) is 47.5 Å². The number of hydrogen-bond acceptors (Lipinski definition) is 4. The molecule has 148 valence electrons. The van der Waals surface area contributed by atoms with Gasteiger partial charge in [0.2, 0.25) is 0 Å².